The summed E-state index contributed by atoms with van der Waals surface area (Å²) in [6, 6.07) is 6.89. The Kier molecular flexibility index (Phi) is 12.6. The largest absolute Gasteiger partial charge is 0.472 e. The van der Waals surface area contributed by atoms with E-state index in [0.29, 0.717) is 0 Å². The van der Waals surface area contributed by atoms with Crippen molar-refractivity contribution in [2.45, 2.75) is 115 Å². The van der Waals surface area contributed by atoms with Crippen LogP contribution < -0.4 is 0 Å². The van der Waals surface area contributed by atoms with E-state index < -0.39 is 138 Å². The lowest BCUT2D eigenvalue weighted by molar-refractivity contribution is -0.385. The number of aromatic nitrogens is 2. The number of rotatable bonds is 9. The summed E-state index contributed by atoms with van der Waals surface area (Å²) in [4.78, 5) is 120. The number of carbonyl (C=O) groups is 8. The van der Waals surface area contributed by atoms with Crippen molar-refractivity contribution < 1.29 is 90.5 Å². The van der Waals surface area contributed by atoms with Gasteiger partial charge in [-0.3, -0.25) is 33.9 Å². The van der Waals surface area contributed by atoms with Crippen molar-refractivity contribution >= 4 is 47.8 Å². The van der Waals surface area contributed by atoms with E-state index in [1.54, 1.807) is 6.92 Å². The van der Waals surface area contributed by atoms with Crippen molar-refractivity contribution in [2.24, 2.45) is 17.3 Å². The highest BCUT2D eigenvalue weighted by Gasteiger charge is 2.92. The van der Waals surface area contributed by atoms with E-state index >= 15 is 0 Å². The van der Waals surface area contributed by atoms with Crippen LogP contribution in [0.15, 0.2) is 65.9 Å². The molecule has 21 heteroatoms. The van der Waals surface area contributed by atoms with Crippen LogP contribution in [0.25, 0.3) is 0 Å². The first kappa shape index (κ1) is 47.2. The molecule has 13 atom stereocenters. The summed E-state index contributed by atoms with van der Waals surface area (Å²) in [5.41, 5.74) is -11.0. The molecule has 2 saturated carbocycles. The Morgan fingerprint density at radius 1 is 0.773 bits per heavy atom. The number of aliphatic hydroxyl groups is 1. The second kappa shape index (κ2) is 17.6. The highest BCUT2D eigenvalue weighted by Crippen LogP contribution is 2.70. The molecule has 4 bridgehead atoms. The average Bonchev–Trinajstić information content (AvgIpc) is 3.88. The topological polar surface area (TPSA) is 279 Å². The molecule has 0 radical (unpaired) electrons. The molecule has 2 aliphatic carbocycles. The summed E-state index contributed by atoms with van der Waals surface area (Å²) < 4.78 is 61.2. The quantitative estimate of drug-likeness (QED) is 0.238. The normalized spacial score (nSPS) is 34.5. The van der Waals surface area contributed by atoms with Crippen LogP contribution in [0.1, 0.15) is 98.1 Å². The van der Waals surface area contributed by atoms with Crippen LogP contribution in [0.4, 0.5) is 0 Å². The summed E-state index contributed by atoms with van der Waals surface area (Å²) in [5, 5.41) is 13.8. The Morgan fingerprint density at radius 3 is 2.03 bits per heavy atom. The minimum atomic E-state index is -2.93. The number of fused-ring (bicyclic) bond motifs is 5. The average molecular weight is 921 g/mol. The van der Waals surface area contributed by atoms with E-state index in [0.717, 1.165) is 53.3 Å². The summed E-state index contributed by atoms with van der Waals surface area (Å²) in [6.07, 6.45) is -6.55. The molecule has 7 rings (SSSR count). The Morgan fingerprint density at radius 2 is 1.42 bits per heavy atom. The summed E-state index contributed by atoms with van der Waals surface area (Å²) in [5.74, 6) is -12.4. The fourth-order valence-corrected chi connectivity index (χ4v) is 10.1. The standard InChI is InChI=1S/C45H48N2O19/c1-21-22(2)38(52)65-35-33(60-24(4)49)37(62-26(6)51)44(20-58-23(3)48)36(61-25(5)50)32(63-39(53)27-11-9-14-46-17-27)30-34(64-40(54)28-13-16-57-18-28)45(44,43(35,8)56)66-42(30,7)19-59-41(55)29-12-10-15-47-31(21)29/h9-18,21-22,30,32-37,56H,19-20H2,1-8H3/t21-,22-,30-,32+,33-,34+,35-,36-,37-,42+,43+,44+,45+/m1/s1. The lowest BCUT2D eigenvalue weighted by atomic mass is 9.45. The Labute approximate surface area is 376 Å². The smallest absolute Gasteiger partial charge is 0.341 e. The van der Waals surface area contributed by atoms with E-state index in [4.69, 9.17) is 47.0 Å². The van der Waals surface area contributed by atoms with Crippen molar-refractivity contribution in [2.75, 3.05) is 13.2 Å². The Balaban J connectivity index is 1.65. The van der Waals surface area contributed by atoms with E-state index in [-0.39, 0.29) is 22.4 Å². The number of pyridine rings is 2. The minimum Gasteiger partial charge on any atom is -0.472 e. The molecule has 1 spiro atoms. The molecule has 3 aromatic heterocycles. The van der Waals surface area contributed by atoms with Gasteiger partial charge < -0.3 is 52.2 Å². The number of hydrogen-bond acceptors (Lipinski definition) is 21. The predicted octanol–water partition coefficient (Wildman–Crippen LogP) is 2.61. The summed E-state index contributed by atoms with van der Waals surface area (Å²) >= 11 is 0. The highest BCUT2D eigenvalue weighted by atomic mass is 16.7. The molecule has 3 aromatic rings. The fourth-order valence-electron chi connectivity index (χ4n) is 10.1. The number of ether oxygens (including phenoxy) is 9. The van der Waals surface area contributed by atoms with Gasteiger partial charge in [0, 0.05) is 52.2 Å². The van der Waals surface area contributed by atoms with E-state index in [2.05, 4.69) is 9.97 Å². The lowest BCUT2D eigenvalue weighted by Crippen LogP contribution is -2.89. The van der Waals surface area contributed by atoms with Gasteiger partial charge in [-0.05, 0) is 44.2 Å². The van der Waals surface area contributed by atoms with Gasteiger partial charge in [-0.15, -0.1) is 0 Å². The third-order valence-electron chi connectivity index (χ3n) is 13.0. The van der Waals surface area contributed by atoms with Gasteiger partial charge in [0.05, 0.1) is 40.5 Å². The van der Waals surface area contributed by atoms with Crippen molar-refractivity contribution in [3.63, 3.8) is 0 Å². The van der Waals surface area contributed by atoms with Crippen molar-refractivity contribution in [1.29, 1.82) is 0 Å². The zero-order valence-electron chi connectivity index (χ0n) is 37.1. The molecule has 5 heterocycles. The van der Waals surface area contributed by atoms with E-state index in [1.807, 2.05) is 0 Å². The van der Waals surface area contributed by atoms with Crippen LogP contribution in [0.5, 0.6) is 0 Å². The molecule has 1 N–H and O–H groups in total. The van der Waals surface area contributed by atoms with Gasteiger partial charge in [0.15, 0.2) is 30.0 Å². The first-order valence-electron chi connectivity index (χ1n) is 20.9. The first-order chi connectivity index (χ1) is 31.1. The lowest BCUT2D eigenvalue weighted by Gasteiger charge is -2.67. The minimum absolute atomic E-state index is 0.0752. The molecule has 2 aliphatic heterocycles. The molecule has 66 heavy (non-hydrogen) atoms. The molecule has 0 aromatic carbocycles. The maximum Gasteiger partial charge on any atom is 0.341 e. The second-order valence-corrected chi connectivity index (χ2v) is 17.2. The van der Waals surface area contributed by atoms with Crippen LogP contribution >= 0.6 is 0 Å². The molecule has 352 valence electrons. The molecule has 3 fully saturated rings. The maximum absolute atomic E-state index is 14.6. The van der Waals surface area contributed by atoms with Crippen molar-refractivity contribution in [1.82, 2.24) is 9.97 Å². The molecule has 21 nitrogen and oxygen atoms in total. The molecule has 1 saturated heterocycles. The third kappa shape index (κ3) is 7.72. The van der Waals surface area contributed by atoms with Crippen LogP contribution in [0.3, 0.4) is 0 Å². The third-order valence-corrected chi connectivity index (χ3v) is 13.0. The number of nitrogens with zero attached hydrogens (tertiary/aromatic N) is 2. The number of hydrogen-bond donors (Lipinski definition) is 1. The number of furan rings is 1. The Hall–Kier alpha value is -6.74. The molecule has 4 aliphatic rings. The first-order valence-corrected chi connectivity index (χ1v) is 20.9. The Bertz CT molecular complexity index is 2420. The zero-order valence-corrected chi connectivity index (χ0v) is 37.1. The van der Waals surface area contributed by atoms with Gasteiger partial charge >= 0.3 is 47.8 Å². The molecular formula is C45H48N2O19. The monoisotopic (exact) mass is 920 g/mol. The zero-order chi connectivity index (χ0) is 48.1. The van der Waals surface area contributed by atoms with Gasteiger partial charge in [0.25, 0.3) is 0 Å². The van der Waals surface area contributed by atoms with Crippen molar-refractivity contribution in [3.05, 3.63) is 83.8 Å². The molecule has 0 amide bonds. The van der Waals surface area contributed by atoms with E-state index in [9.17, 15) is 43.5 Å². The van der Waals surface area contributed by atoms with Gasteiger partial charge in [-0.2, -0.15) is 0 Å². The molecule has 0 unspecified atom stereocenters. The van der Waals surface area contributed by atoms with Crippen LogP contribution in [0, 0.1) is 17.3 Å². The van der Waals surface area contributed by atoms with Crippen LogP contribution in [-0.4, -0.2) is 129 Å². The van der Waals surface area contributed by atoms with Gasteiger partial charge in [-0.1, -0.05) is 13.8 Å². The van der Waals surface area contributed by atoms with E-state index in [1.165, 1.54) is 56.6 Å². The fraction of sp³-hybridized carbons (Fsp3) is 0.511. The summed E-state index contributed by atoms with van der Waals surface area (Å²) in [7, 11) is 0. The maximum atomic E-state index is 14.6. The van der Waals surface area contributed by atoms with Crippen molar-refractivity contribution in [3.8, 4) is 0 Å². The SMILES string of the molecule is CC(=O)OC[C@@]12[C@H](OC(C)=O)[C@@H](OC(=O)c3cccnc3)[C@@H]3[C@H](OC(=O)c4ccoc4)[C@@]14O[C@@]3(C)COC(=O)c1cccnc1[C@H](C)[C@@H](C)C(=O)O[C@H]([C@@H](OC(C)=O)[C@H]2OC(C)=O)[C@]4(C)O. The number of esters is 8. The van der Waals surface area contributed by atoms with Gasteiger partial charge in [0.2, 0.25) is 0 Å². The predicted molar refractivity (Wildman–Crippen MR) is 215 cm³/mol. The highest BCUT2D eigenvalue weighted by molar-refractivity contribution is 5.92. The number of carbonyl (C=O) groups excluding carboxylic acids is 8. The van der Waals surface area contributed by atoms with Crippen LogP contribution in [0.2, 0.25) is 0 Å². The van der Waals surface area contributed by atoms with Crippen LogP contribution in [-0.2, 0) is 66.6 Å². The number of cyclic esters (lactones) is 1. The summed E-state index contributed by atoms with van der Waals surface area (Å²) in [6.45, 7) is 7.40. The second-order valence-electron chi connectivity index (χ2n) is 17.2. The van der Waals surface area contributed by atoms with Gasteiger partial charge in [0.1, 0.15) is 48.3 Å². The van der Waals surface area contributed by atoms with Gasteiger partial charge in [-0.25, -0.2) is 14.4 Å². The molecular weight excluding hydrogens is 872 g/mol.